The second-order valence-corrected chi connectivity index (χ2v) is 6.42. The fourth-order valence-electron chi connectivity index (χ4n) is 3.20. The lowest BCUT2D eigenvalue weighted by Crippen LogP contribution is -2.33. The van der Waals surface area contributed by atoms with Gasteiger partial charge in [-0.15, -0.1) is 0 Å². The number of pyridine rings is 1. The first-order chi connectivity index (χ1) is 13.2. The van der Waals surface area contributed by atoms with Crippen LogP contribution in [0, 0.1) is 17.2 Å². The van der Waals surface area contributed by atoms with E-state index in [0.717, 1.165) is 12.1 Å². The van der Waals surface area contributed by atoms with Crippen LogP contribution in [0.2, 0.25) is 0 Å². The highest BCUT2D eigenvalue weighted by molar-refractivity contribution is 6.08. The first kappa shape index (κ1) is 19.4. The number of nitrogens with one attached hydrogen (secondary N) is 1. The molecule has 1 fully saturated rings. The van der Waals surface area contributed by atoms with E-state index in [2.05, 4.69) is 10.3 Å². The number of carbonyl (C=O) groups excluding carboxylic acids is 2. The van der Waals surface area contributed by atoms with Crippen molar-refractivity contribution in [2.75, 3.05) is 18.9 Å². The fourth-order valence-corrected chi connectivity index (χ4v) is 3.20. The third kappa shape index (κ3) is 3.67. The highest BCUT2D eigenvalue weighted by Gasteiger charge is 2.44. The third-order valence-electron chi connectivity index (χ3n) is 4.63. The van der Waals surface area contributed by atoms with Gasteiger partial charge in [0.05, 0.1) is 11.1 Å². The number of amides is 2. The van der Waals surface area contributed by atoms with Crippen molar-refractivity contribution in [3.63, 3.8) is 0 Å². The van der Waals surface area contributed by atoms with E-state index in [1.807, 2.05) is 6.07 Å². The van der Waals surface area contributed by atoms with Crippen LogP contribution in [0.5, 0.6) is 0 Å². The molecule has 3 rings (SSSR count). The smallest absolute Gasteiger partial charge is 0.344 e. The monoisotopic (exact) mass is 388 g/mol. The molecular weight excluding hydrogens is 373 g/mol. The SMILES string of the molecule is CN1C[C@H](c2ccc(C(F)(F)F)cc2)[C@@H](C(=O)Nc2ncccc2C#N)C1=O. The largest absolute Gasteiger partial charge is 0.416 e. The molecule has 1 aromatic heterocycles. The number of anilines is 1. The fraction of sp³-hybridized carbons (Fsp3) is 0.263. The number of hydrogen-bond donors (Lipinski definition) is 1. The van der Waals surface area contributed by atoms with Gasteiger partial charge >= 0.3 is 6.18 Å². The number of nitrogens with zero attached hydrogens (tertiary/aromatic N) is 3. The molecule has 0 aliphatic carbocycles. The van der Waals surface area contributed by atoms with Crippen molar-refractivity contribution in [2.45, 2.75) is 12.1 Å². The minimum atomic E-state index is -4.47. The van der Waals surface area contributed by atoms with Crippen LogP contribution < -0.4 is 5.32 Å². The van der Waals surface area contributed by atoms with Crippen molar-refractivity contribution in [3.8, 4) is 6.07 Å². The lowest BCUT2D eigenvalue weighted by molar-refractivity contribution is -0.138. The number of benzene rings is 1. The van der Waals surface area contributed by atoms with E-state index in [4.69, 9.17) is 5.26 Å². The average Bonchev–Trinajstić information content (AvgIpc) is 2.96. The Kier molecular flexibility index (Phi) is 5.05. The Morgan fingerprint density at radius 1 is 1.29 bits per heavy atom. The summed E-state index contributed by atoms with van der Waals surface area (Å²) in [5.74, 6) is -2.82. The summed E-state index contributed by atoms with van der Waals surface area (Å²) in [6, 6.07) is 9.32. The molecule has 0 saturated carbocycles. The number of alkyl halides is 3. The summed E-state index contributed by atoms with van der Waals surface area (Å²) in [7, 11) is 1.52. The lowest BCUT2D eigenvalue weighted by atomic mass is 9.87. The Labute approximate surface area is 158 Å². The van der Waals surface area contributed by atoms with Gasteiger partial charge in [-0.3, -0.25) is 9.59 Å². The molecule has 2 heterocycles. The summed E-state index contributed by atoms with van der Waals surface area (Å²) in [5.41, 5.74) is -0.213. The van der Waals surface area contributed by atoms with Gasteiger partial charge in [0.15, 0.2) is 0 Å². The van der Waals surface area contributed by atoms with Gasteiger partial charge in [-0.05, 0) is 29.8 Å². The Hall–Kier alpha value is -3.41. The highest BCUT2D eigenvalue weighted by Crippen LogP contribution is 2.36. The van der Waals surface area contributed by atoms with E-state index in [1.165, 1.54) is 42.4 Å². The molecule has 2 atom stereocenters. The van der Waals surface area contributed by atoms with E-state index in [0.29, 0.717) is 5.56 Å². The summed E-state index contributed by atoms with van der Waals surface area (Å²) in [6.07, 6.45) is -3.07. The average molecular weight is 388 g/mol. The van der Waals surface area contributed by atoms with Gasteiger partial charge in [0, 0.05) is 25.7 Å². The number of nitriles is 1. The van der Waals surface area contributed by atoms with E-state index >= 15 is 0 Å². The summed E-state index contributed by atoms with van der Waals surface area (Å²) in [6.45, 7) is 0.190. The van der Waals surface area contributed by atoms with Gasteiger partial charge in [0.25, 0.3) is 0 Å². The molecule has 1 aromatic carbocycles. The summed E-state index contributed by atoms with van der Waals surface area (Å²) >= 11 is 0. The third-order valence-corrected chi connectivity index (χ3v) is 4.63. The molecule has 1 aliphatic heterocycles. The molecule has 28 heavy (non-hydrogen) atoms. The van der Waals surface area contributed by atoms with Crippen molar-refractivity contribution in [1.29, 1.82) is 5.26 Å². The minimum absolute atomic E-state index is 0.0310. The first-order valence-corrected chi connectivity index (χ1v) is 8.30. The lowest BCUT2D eigenvalue weighted by Gasteiger charge is -2.17. The molecule has 1 saturated heterocycles. The maximum Gasteiger partial charge on any atom is 0.416 e. The first-order valence-electron chi connectivity index (χ1n) is 8.30. The number of hydrogen-bond acceptors (Lipinski definition) is 4. The van der Waals surface area contributed by atoms with Crippen LogP contribution in [-0.2, 0) is 15.8 Å². The van der Waals surface area contributed by atoms with Gasteiger partial charge in [0.1, 0.15) is 17.8 Å². The van der Waals surface area contributed by atoms with Gasteiger partial charge in [-0.1, -0.05) is 12.1 Å². The van der Waals surface area contributed by atoms with E-state index in [1.54, 1.807) is 0 Å². The molecule has 0 bridgehead atoms. The predicted molar refractivity (Wildman–Crippen MR) is 92.9 cm³/mol. The second-order valence-electron chi connectivity index (χ2n) is 6.42. The molecule has 0 radical (unpaired) electrons. The summed E-state index contributed by atoms with van der Waals surface area (Å²) in [4.78, 5) is 30.6. The maximum absolute atomic E-state index is 12.8. The van der Waals surface area contributed by atoms with Gasteiger partial charge < -0.3 is 10.2 Å². The van der Waals surface area contributed by atoms with Gasteiger partial charge in [-0.25, -0.2) is 4.98 Å². The van der Waals surface area contributed by atoms with Crippen LogP contribution in [0.1, 0.15) is 22.6 Å². The van der Waals surface area contributed by atoms with Crippen molar-refractivity contribution < 1.29 is 22.8 Å². The quantitative estimate of drug-likeness (QED) is 0.820. The van der Waals surface area contributed by atoms with Crippen LogP contribution in [0.3, 0.4) is 0 Å². The highest BCUT2D eigenvalue weighted by atomic mass is 19.4. The number of likely N-dealkylation sites (N-methyl/N-ethyl adjacent to an activating group) is 1. The number of rotatable bonds is 3. The molecule has 1 N–H and O–H groups in total. The maximum atomic E-state index is 12.8. The minimum Gasteiger partial charge on any atom is -0.344 e. The Morgan fingerprint density at radius 3 is 2.57 bits per heavy atom. The number of halogens is 3. The Bertz CT molecular complexity index is 951. The normalized spacial score (nSPS) is 19.4. The zero-order valence-electron chi connectivity index (χ0n) is 14.7. The van der Waals surface area contributed by atoms with E-state index in [-0.39, 0.29) is 17.9 Å². The molecular formula is C19H15F3N4O2. The second kappa shape index (κ2) is 7.31. The molecule has 0 unspecified atom stereocenters. The van der Waals surface area contributed by atoms with Crippen molar-refractivity contribution in [2.24, 2.45) is 5.92 Å². The molecule has 2 amide bonds. The molecule has 9 heteroatoms. The van der Waals surface area contributed by atoms with E-state index in [9.17, 15) is 22.8 Å². The summed E-state index contributed by atoms with van der Waals surface area (Å²) < 4.78 is 38.3. The molecule has 1 aliphatic rings. The topological polar surface area (TPSA) is 86.1 Å². The van der Waals surface area contributed by atoms with Crippen LogP contribution in [-0.4, -0.2) is 35.3 Å². The van der Waals surface area contributed by atoms with E-state index < -0.39 is 35.4 Å². The zero-order chi connectivity index (χ0) is 20.5. The van der Waals surface area contributed by atoms with Crippen molar-refractivity contribution >= 4 is 17.6 Å². The molecule has 6 nitrogen and oxygen atoms in total. The van der Waals surface area contributed by atoms with Crippen LogP contribution in [0.25, 0.3) is 0 Å². The van der Waals surface area contributed by atoms with Crippen molar-refractivity contribution in [1.82, 2.24) is 9.88 Å². The van der Waals surface area contributed by atoms with Crippen LogP contribution >= 0.6 is 0 Å². The number of likely N-dealkylation sites (tertiary alicyclic amines) is 1. The van der Waals surface area contributed by atoms with Crippen LogP contribution in [0.4, 0.5) is 19.0 Å². The zero-order valence-corrected chi connectivity index (χ0v) is 14.7. The standard InChI is InChI=1S/C19H15F3N4O2/c1-26-10-14(11-4-6-13(7-5-11)19(20,21)22)15(18(26)28)17(27)25-16-12(9-23)3-2-8-24-16/h2-8,14-15H,10H2,1H3,(H,24,25,27)/t14-,15+/m1/s1. The Morgan fingerprint density at radius 2 is 1.96 bits per heavy atom. The molecule has 0 spiro atoms. The van der Waals surface area contributed by atoms with Gasteiger partial charge in [-0.2, -0.15) is 18.4 Å². The predicted octanol–water partition coefficient (Wildman–Crippen LogP) is 2.78. The number of aromatic nitrogens is 1. The molecule has 144 valence electrons. The van der Waals surface area contributed by atoms with Gasteiger partial charge in [0.2, 0.25) is 11.8 Å². The Balaban J connectivity index is 1.88. The number of carbonyl (C=O) groups is 2. The van der Waals surface area contributed by atoms with Crippen molar-refractivity contribution in [3.05, 3.63) is 59.3 Å². The van der Waals surface area contributed by atoms with Crippen LogP contribution in [0.15, 0.2) is 42.6 Å². The molecule has 2 aromatic rings. The summed E-state index contributed by atoms with van der Waals surface area (Å²) in [5, 5.41) is 11.6.